The van der Waals surface area contributed by atoms with Crippen LogP contribution in [0.2, 0.25) is 0 Å². The van der Waals surface area contributed by atoms with E-state index in [4.69, 9.17) is 42.2 Å². The minimum atomic E-state index is -3.63. The van der Waals surface area contributed by atoms with E-state index in [-0.39, 0.29) is 103 Å². The molecule has 0 bridgehead atoms. The summed E-state index contributed by atoms with van der Waals surface area (Å²) < 4.78 is 25.6. The number of hydrogen-bond donors (Lipinski definition) is 0. The predicted octanol–water partition coefficient (Wildman–Crippen LogP) is -12.9. The first-order valence-corrected chi connectivity index (χ1v) is 5.51. The molecule has 0 fully saturated rings. The molecule has 0 saturated heterocycles. The molecule has 12 nitrogen and oxygen atoms in total. The van der Waals surface area contributed by atoms with E-state index >= 15 is 0 Å². The van der Waals surface area contributed by atoms with Crippen molar-refractivity contribution >= 4 is 67.9 Å². The smallest absolute Gasteiger partial charge is 0.870 e. The zero-order chi connectivity index (χ0) is 10.7. The van der Waals surface area contributed by atoms with Gasteiger partial charge in [0.25, 0.3) is 0 Å². The SMILES string of the molecule is O=[Si]([O-])[O-].O=[Si]([O-])[O-].O=[Si]([O-])[O-].[Al+3].[Fe+3].[Mg+2].[Na+].[OH-].[OH-].[OH-]. The van der Waals surface area contributed by atoms with Gasteiger partial charge in [-0.2, -0.15) is 0 Å². The van der Waals surface area contributed by atoms with Crippen molar-refractivity contribution in [3.8, 4) is 0 Å². The normalized spacial score (nSPS) is 3.79. The third-order valence-electron chi connectivity index (χ3n) is 0. The first-order valence-electron chi connectivity index (χ1n) is 1.84. The minimum absolute atomic E-state index is 0. The zero-order valence-electron chi connectivity index (χ0n) is 9.15. The Morgan fingerprint density at radius 2 is 0.579 bits per heavy atom. The molecule has 3 N–H and O–H groups in total. The molecule has 0 spiro atoms. The average molecular weight is 409 g/mol. The summed E-state index contributed by atoms with van der Waals surface area (Å²) in [5.74, 6) is 0. The van der Waals surface area contributed by atoms with Crippen LogP contribution in [-0.4, -0.2) is 84.4 Å². The van der Waals surface area contributed by atoms with Crippen LogP contribution in [0.25, 0.3) is 0 Å². The first kappa shape index (κ1) is 70.6. The summed E-state index contributed by atoms with van der Waals surface area (Å²) in [5.41, 5.74) is 0. The second kappa shape index (κ2) is 60.4. The molecule has 19 heavy (non-hydrogen) atoms. The largest absolute Gasteiger partial charge is 3.00 e. The predicted molar refractivity (Wildman–Crippen MR) is 36.6 cm³/mol. The molecule has 0 aromatic rings. The van der Waals surface area contributed by atoms with Crippen molar-refractivity contribution in [2.75, 3.05) is 0 Å². The Hall–Kier alpha value is 1.55. The fourth-order valence-corrected chi connectivity index (χ4v) is 0. The Morgan fingerprint density at radius 1 is 0.579 bits per heavy atom. The Labute approximate surface area is 171 Å². The summed E-state index contributed by atoms with van der Waals surface area (Å²) in [4.78, 5) is 51.1. The summed E-state index contributed by atoms with van der Waals surface area (Å²) in [6.07, 6.45) is 0. The molecule has 19 heteroatoms. The van der Waals surface area contributed by atoms with Gasteiger partial charge in [-0.1, -0.05) is 0 Å². The third-order valence-corrected chi connectivity index (χ3v) is 0. The Balaban J connectivity index is -0.00000000675. The zero-order valence-corrected chi connectivity index (χ0v) is 17.8. The Bertz CT molecular complexity index is 131. The van der Waals surface area contributed by atoms with Crippen molar-refractivity contribution in [1.82, 2.24) is 0 Å². The van der Waals surface area contributed by atoms with Gasteiger partial charge in [0.1, 0.15) is 0 Å². The molecule has 0 aliphatic carbocycles. The van der Waals surface area contributed by atoms with Crippen LogP contribution in [0, 0.1) is 0 Å². The molecule has 101 valence electrons. The summed E-state index contributed by atoms with van der Waals surface area (Å²) in [5, 5.41) is 0. The standard InChI is InChI=1S/Al.Fe.Mg.Na.3O3Si.3H2O/c;;;;3*1-4(2)3;;;/h;;;;;;;3*1H2/q2*+3;+2;+1;3*-2;;;/p-3. The van der Waals surface area contributed by atoms with Gasteiger partial charge in [-0.15, -0.1) is 0 Å². The molecule has 0 heterocycles. The molecule has 0 atom stereocenters. The number of rotatable bonds is 0. The van der Waals surface area contributed by atoms with Gasteiger partial charge >= 0.3 is 87.0 Å². The second-order valence-electron chi connectivity index (χ2n) is 0.750. The molecule has 0 aromatic carbocycles. The maximum absolute atomic E-state index is 8.52. The van der Waals surface area contributed by atoms with Crippen molar-refractivity contribution in [3.63, 3.8) is 0 Å². The maximum Gasteiger partial charge on any atom is 3.00 e. The van der Waals surface area contributed by atoms with Gasteiger partial charge in [0.15, 0.2) is 0 Å². The van der Waals surface area contributed by atoms with Gasteiger partial charge < -0.3 is 58.6 Å². The van der Waals surface area contributed by atoms with E-state index in [0.717, 1.165) is 0 Å². The average Bonchev–Trinajstić information content (AvgIpc) is 1.54. The minimum Gasteiger partial charge on any atom is -0.870 e. The molecule has 0 aliphatic heterocycles. The molecule has 1 radical (unpaired) electrons. The van der Waals surface area contributed by atoms with Crippen molar-refractivity contribution in [1.29, 1.82) is 0 Å². The van der Waals surface area contributed by atoms with Gasteiger partial charge in [-0.3, -0.25) is 0 Å². The van der Waals surface area contributed by atoms with E-state index in [0.29, 0.717) is 0 Å². The van der Waals surface area contributed by atoms with Gasteiger partial charge in [0.05, 0.1) is 0 Å². The van der Waals surface area contributed by atoms with Crippen molar-refractivity contribution in [2.24, 2.45) is 0 Å². The third kappa shape index (κ3) is 2510. The van der Waals surface area contributed by atoms with Crippen molar-refractivity contribution in [3.05, 3.63) is 0 Å². The topological polar surface area (TPSA) is 280 Å². The van der Waals surface area contributed by atoms with Gasteiger partial charge in [0, 0.05) is 27.5 Å². The summed E-state index contributed by atoms with van der Waals surface area (Å²) in [6.45, 7) is 0. The van der Waals surface area contributed by atoms with Crippen LogP contribution in [0.15, 0.2) is 0 Å². The van der Waals surface area contributed by atoms with Crippen molar-refractivity contribution in [2.45, 2.75) is 0 Å². The Morgan fingerprint density at radius 3 is 0.579 bits per heavy atom. The summed E-state index contributed by atoms with van der Waals surface area (Å²) in [7, 11) is -10.9. The molecule has 0 aromatic heterocycles. The van der Waals surface area contributed by atoms with Crippen LogP contribution in [0.1, 0.15) is 0 Å². The van der Waals surface area contributed by atoms with Crippen molar-refractivity contribution < 1.29 is 105 Å². The van der Waals surface area contributed by atoms with Gasteiger partial charge in [-0.05, 0) is 0 Å². The van der Waals surface area contributed by atoms with Crippen LogP contribution in [0.4, 0.5) is 0 Å². The van der Waals surface area contributed by atoms with E-state index in [9.17, 15) is 0 Å². The van der Waals surface area contributed by atoms with Crippen LogP contribution >= 0.6 is 0 Å². The molecule has 0 saturated carbocycles. The molecular weight excluding hydrogens is 406 g/mol. The Kier molecular flexibility index (Phi) is 224. The van der Waals surface area contributed by atoms with Crippen LogP contribution in [-0.2, 0) is 30.5 Å². The molecule has 0 amide bonds. The monoisotopic (exact) mass is 409 g/mol. The van der Waals surface area contributed by atoms with Crippen LogP contribution in [0.3, 0.4) is 0 Å². The molecule has 0 unspecified atom stereocenters. The van der Waals surface area contributed by atoms with Gasteiger partial charge in [0.2, 0.25) is 0 Å². The van der Waals surface area contributed by atoms with E-state index in [2.05, 4.69) is 0 Å². The van der Waals surface area contributed by atoms with E-state index < -0.39 is 27.5 Å². The molecule has 0 rings (SSSR count). The van der Waals surface area contributed by atoms with Crippen LogP contribution < -0.4 is 58.3 Å². The fourth-order valence-electron chi connectivity index (χ4n) is 0. The van der Waals surface area contributed by atoms with Gasteiger partial charge in [-0.25, -0.2) is 0 Å². The van der Waals surface area contributed by atoms with E-state index in [1.165, 1.54) is 0 Å². The van der Waals surface area contributed by atoms with Crippen LogP contribution in [0.5, 0.6) is 0 Å². The van der Waals surface area contributed by atoms with E-state index in [1.807, 2.05) is 0 Å². The maximum atomic E-state index is 8.52. The quantitative estimate of drug-likeness (QED) is 0.337. The second-order valence-corrected chi connectivity index (χ2v) is 2.25. The molecular formula is H3AlFeMgNaO12Si3. The summed E-state index contributed by atoms with van der Waals surface area (Å²) >= 11 is 0. The van der Waals surface area contributed by atoms with E-state index in [1.54, 1.807) is 0 Å². The summed E-state index contributed by atoms with van der Waals surface area (Å²) in [6, 6.07) is 0. The first-order chi connectivity index (χ1) is 5.20. The number of hydrogen-bond acceptors (Lipinski definition) is 12. The fraction of sp³-hybridized carbons (Fsp3) is 0. The molecule has 0 aliphatic rings.